The second kappa shape index (κ2) is 8.93. The maximum Gasteiger partial charge on any atom is 0.206 e. The van der Waals surface area contributed by atoms with Gasteiger partial charge in [0.2, 0.25) is 4.80 Å². The molecule has 5 nitrogen and oxygen atoms in total. The summed E-state index contributed by atoms with van der Waals surface area (Å²) >= 11 is 5.27. The maximum absolute atomic E-state index is 4.96. The van der Waals surface area contributed by atoms with Gasteiger partial charge in [0.1, 0.15) is 0 Å². The summed E-state index contributed by atoms with van der Waals surface area (Å²) in [6, 6.07) is 16.7. The van der Waals surface area contributed by atoms with Crippen LogP contribution in [-0.4, -0.2) is 26.0 Å². The molecule has 2 aromatic carbocycles. The summed E-state index contributed by atoms with van der Waals surface area (Å²) < 4.78 is 4.96. The van der Waals surface area contributed by atoms with E-state index in [0.29, 0.717) is 0 Å². The van der Waals surface area contributed by atoms with Gasteiger partial charge < -0.3 is 4.57 Å². The van der Waals surface area contributed by atoms with Crippen molar-refractivity contribution >= 4 is 33.0 Å². The van der Waals surface area contributed by atoms with Crippen LogP contribution in [0.5, 0.6) is 0 Å². The Morgan fingerprint density at radius 3 is 2.53 bits per heavy atom. The molecule has 4 rings (SSSR count). The number of thiazole rings is 1. The van der Waals surface area contributed by atoms with Crippen LogP contribution in [0, 0.1) is 0 Å². The van der Waals surface area contributed by atoms with Crippen LogP contribution in [0.3, 0.4) is 0 Å². The first-order chi connectivity index (χ1) is 14.5. The summed E-state index contributed by atoms with van der Waals surface area (Å²) in [5.74, 6) is 0. The molecule has 0 spiro atoms. The third-order valence-corrected chi connectivity index (χ3v) is 6.06. The summed E-state index contributed by atoms with van der Waals surface area (Å²) in [5, 5.41) is 7.07. The Morgan fingerprint density at radius 2 is 1.87 bits per heavy atom. The monoisotopic (exact) mass is 479 g/mol. The minimum absolute atomic E-state index is 0.187. The summed E-state index contributed by atoms with van der Waals surface area (Å²) in [6.07, 6.45) is 5.50. The molecule has 7 heteroatoms. The van der Waals surface area contributed by atoms with E-state index in [0.717, 1.165) is 37.5 Å². The van der Waals surface area contributed by atoms with Gasteiger partial charge in [-0.25, -0.2) is 9.66 Å². The molecule has 0 saturated carbocycles. The van der Waals surface area contributed by atoms with Crippen LogP contribution < -0.4 is 4.80 Å². The molecule has 4 aromatic rings. The zero-order valence-corrected chi connectivity index (χ0v) is 19.4. The fourth-order valence-corrected chi connectivity index (χ4v) is 4.50. The van der Waals surface area contributed by atoms with Gasteiger partial charge in [-0.2, -0.15) is 5.10 Å². The van der Waals surface area contributed by atoms with Crippen molar-refractivity contribution in [3.05, 3.63) is 87.5 Å². The van der Waals surface area contributed by atoms with E-state index in [2.05, 4.69) is 70.5 Å². The topological polar surface area (TPSA) is 47.5 Å². The van der Waals surface area contributed by atoms with Crippen molar-refractivity contribution in [2.75, 3.05) is 0 Å². The van der Waals surface area contributed by atoms with Gasteiger partial charge in [-0.05, 0) is 44.5 Å². The summed E-state index contributed by atoms with van der Waals surface area (Å²) in [5.41, 5.74) is 5.15. The lowest BCUT2D eigenvalue weighted by atomic mass is 10.1. The molecule has 0 aliphatic rings. The van der Waals surface area contributed by atoms with Crippen LogP contribution in [0.25, 0.3) is 16.9 Å². The molecule has 0 saturated heterocycles. The fraction of sp³-hybridized carbons (Fsp3) is 0.174. The van der Waals surface area contributed by atoms with Crippen LogP contribution in [0.4, 0.5) is 0 Å². The lowest BCUT2D eigenvalue weighted by Gasteiger charge is -2.09. The number of hydrogen-bond donors (Lipinski definition) is 0. The molecule has 0 fully saturated rings. The van der Waals surface area contributed by atoms with Gasteiger partial charge >= 0.3 is 0 Å². The number of rotatable bonds is 5. The number of nitrogens with zero attached hydrogens (tertiary/aromatic N) is 5. The van der Waals surface area contributed by atoms with Crippen molar-refractivity contribution < 1.29 is 0 Å². The Kier molecular flexibility index (Phi) is 6.11. The molecule has 0 unspecified atom stereocenters. The van der Waals surface area contributed by atoms with Gasteiger partial charge in [-0.3, -0.25) is 4.99 Å². The van der Waals surface area contributed by atoms with E-state index in [1.54, 1.807) is 23.9 Å². The number of benzene rings is 2. The molecule has 0 N–H and O–H groups in total. The molecule has 30 heavy (non-hydrogen) atoms. The molecule has 152 valence electrons. The van der Waals surface area contributed by atoms with Crippen LogP contribution >= 0.6 is 27.3 Å². The molecule has 0 bridgehead atoms. The fourth-order valence-electron chi connectivity index (χ4n) is 3.05. The summed E-state index contributed by atoms with van der Waals surface area (Å²) in [6.45, 7) is 6.18. The molecule has 2 heterocycles. The highest BCUT2D eigenvalue weighted by atomic mass is 79.9. The van der Waals surface area contributed by atoms with Crippen molar-refractivity contribution in [3.8, 4) is 16.9 Å². The first-order valence-electron chi connectivity index (χ1n) is 9.66. The minimum atomic E-state index is 0.187. The average molecular weight is 480 g/mol. The van der Waals surface area contributed by atoms with Crippen molar-refractivity contribution in [1.29, 1.82) is 0 Å². The van der Waals surface area contributed by atoms with Gasteiger partial charge in [0.15, 0.2) is 0 Å². The van der Waals surface area contributed by atoms with E-state index in [9.17, 15) is 0 Å². The van der Waals surface area contributed by atoms with E-state index in [4.69, 9.17) is 10.1 Å². The summed E-state index contributed by atoms with van der Waals surface area (Å²) in [7, 11) is 0. The quantitative estimate of drug-likeness (QED) is 0.336. The minimum Gasteiger partial charge on any atom is -0.306 e. The highest BCUT2D eigenvalue weighted by Gasteiger charge is 2.12. The van der Waals surface area contributed by atoms with Gasteiger partial charge in [0, 0.05) is 39.5 Å². The third-order valence-electron chi connectivity index (χ3n) is 4.54. The van der Waals surface area contributed by atoms with E-state index >= 15 is 0 Å². The molecule has 0 atom stereocenters. The van der Waals surface area contributed by atoms with Gasteiger partial charge in [0.05, 0.1) is 17.7 Å². The SMILES string of the molecule is CC(=Nn1c(-c2ccccc2Br)csc1=NC(C)C)c1ccc(-n2ccnc2)cc1. The number of halogens is 1. The van der Waals surface area contributed by atoms with Crippen molar-refractivity contribution in [2.24, 2.45) is 10.1 Å². The van der Waals surface area contributed by atoms with E-state index in [1.807, 2.05) is 40.6 Å². The molecule has 2 aromatic heterocycles. The second-order valence-electron chi connectivity index (χ2n) is 7.12. The van der Waals surface area contributed by atoms with Crippen LogP contribution in [-0.2, 0) is 0 Å². The Balaban J connectivity index is 1.78. The predicted molar refractivity (Wildman–Crippen MR) is 127 cm³/mol. The van der Waals surface area contributed by atoms with E-state index in [1.165, 1.54) is 0 Å². The molecule has 0 aliphatic carbocycles. The lowest BCUT2D eigenvalue weighted by molar-refractivity contribution is 0.752. The highest BCUT2D eigenvalue weighted by Crippen LogP contribution is 2.28. The zero-order valence-electron chi connectivity index (χ0n) is 17.0. The van der Waals surface area contributed by atoms with Crippen LogP contribution in [0.2, 0.25) is 0 Å². The Bertz CT molecular complexity index is 1230. The predicted octanol–water partition coefficient (Wildman–Crippen LogP) is 5.75. The standard InChI is InChI=1S/C23H22BrN5S/c1-16(2)26-23-29(22(14-30-23)20-6-4-5-7-21(20)24)27-17(3)18-8-10-19(11-9-18)28-13-12-25-15-28/h4-16H,1-3H3. The molecular formula is C23H22BrN5S. The van der Waals surface area contributed by atoms with Crippen molar-refractivity contribution in [3.63, 3.8) is 0 Å². The number of imidazole rings is 1. The third kappa shape index (κ3) is 4.37. The van der Waals surface area contributed by atoms with Gasteiger partial charge in [-0.15, -0.1) is 11.3 Å². The smallest absolute Gasteiger partial charge is 0.206 e. The average Bonchev–Trinajstić information content (AvgIpc) is 3.39. The lowest BCUT2D eigenvalue weighted by Crippen LogP contribution is -2.16. The molecule has 0 radical (unpaired) electrons. The molecular weight excluding hydrogens is 458 g/mol. The highest BCUT2D eigenvalue weighted by molar-refractivity contribution is 9.10. The van der Waals surface area contributed by atoms with Gasteiger partial charge in [-0.1, -0.05) is 46.3 Å². The number of aromatic nitrogens is 3. The van der Waals surface area contributed by atoms with E-state index < -0.39 is 0 Å². The Hall–Kier alpha value is -2.77. The van der Waals surface area contributed by atoms with Crippen LogP contribution in [0.1, 0.15) is 26.3 Å². The van der Waals surface area contributed by atoms with Gasteiger partial charge in [0.25, 0.3) is 0 Å². The first-order valence-corrected chi connectivity index (χ1v) is 11.3. The maximum atomic E-state index is 4.96. The Morgan fingerprint density at radius 1 is 1.10 bits per heavy atom. The molecule has 0 amide bonds. The first kappa shape index (κ1) is 20.5. The van der Waals surface area contributed by atoms with E-state index in [-0.39, 0.29) is 6.04 Å². The summed E-state index contributed by atoms with van der Waals surface area (Å²) in [4.78, 5) is 9.77. The van der Waals surface area contributed by atoms with Crippen molar-refractivity contribution in [2.45, 2.75) is 26.8 Å². The zero-order chi connectivity index (χ0) is 21.1. The number of hydrogen-bond acceptors (Lipinski definition) is 4. The van der Waals surface area contributed by atoms with Crippen molar-refractivity contribution in [1.82, 2.24) is 14.2 Å². The van der Waals surface area contributed by atoms with Crippen LogP contribution in [0.15, 0.2) is 87.2 Å². The largest absolute Gasteiger partial charge is 0.306 e. The normalized spacial score (nSPS) is 12.7. The Labute approximate surface area is 188 Å². The second-order valence-corrected chi connectivity index (χ2v) is 8.81. The molecule has 0 aliphatic heterocycles.